The lowest BCUT2D eigenvalue weighted by molar-refractivity contribution is -0.130. The Morgan fingerprint density at radius 3 is 2.56 bits per heavy atom. The molecule has 6 nitrogen and oxygen atoms in total. The van der Waals surface area contributed by atoms with Gasteiger partial charge >= 0.3 is 0 Å². The van der Waals surface area contributed by atoms with Gasteiger partial charge in [0.2, 0.25) is 11.8 Å². The Bertz CT molecular complexity index is 1350. The van der Waals surface area contributed by atoms with Crippen LogP contribution in [0.5, 0.6) is 17.2 Å². The van der Waals surface area contributed by atoms with Crippen LogP contribution >= 0.6 is 11.6 Å². The molecule has 2 heterocycles. The molecule has 0 bridgehead atoms. The average molecular weight is 473 g/mol. The van der Waals surface area contributed by atoms with E-state index in [1.165, 1.54) is 0 Å². The fraction of sp³-hybridized carbons (Fsp3) is 0.185. The van der Waals surface area contributed by atoms with Crippen LogP contribution < -0.4 is 20.1 Å². The molecule has 7 heteroatoms. The fourth-order valence-corrected chi connectivity index (χ4v) is 4.95. The number of rotatable bonds is 4. The Morgan fingerprint density at radius 1 is 1.06 bits per heavy atom. The lowest BCUT2D eigenvalue weighted by Crippen LogP contribution is -2.52. The van der Waals surface area contributed by atoms with Crippen molar-refractivity contribution < 1.29 is 19.1 Å². The predicted molar refractivity (Wildman–Crippen MR) is 129 cm³/mol. The summed E-state index contributed by atoms with van der Waals surface area (Å²) in [7, 11) is 1.59. The summed E-state index contributed by atoms with van der Waals surface area (Å²) < 4.78 is 11.4. The van der Waals surface area contributed by atoms with Crippen LogP contribution in [0.25, 0.3) is 0 Å². The molecule has 2 atom stereocenters. The van der Waals surface area contributed by atoms with Crippen molar-refractivity contribution >= 4 is 29.1 Å². The monoisotopic (exact) mass is 472 g/mol. The molecule has 0 radical (unpaired) electrons. The van der Waals surface area contributed by atoms with Crippen LogP contribution in [0.1, 0.15) is 35.6 Å². The number of anilines is 1. The molecule has 3 aromatic rings. The second kappa shape index (κ2) is 8.44. The number of halogens is 1. The molecule has 3 aromatic carbocycles. The molecule has 0 saturated carbocycles. The molecule has 1 spiro atoms. The van der Waals surface area contributed by atoms with Gasteiger partial charge in [-0.05, 0) is 66.6 Å². The minimum absolute atomic E-state index is 0.146. The maximum absolute atomic E-state index is 13.5. The molecule has 0 unspecified atom stereocenters. The quantitative estimate of drug-likeness (QED) is 0.526. The highest BCUT2D eigenvalue weighted by Gasteiger charge is 2.56. The third-order valence-electron chi connectivity index (χ3n) is 6.43. The maximum atomic E-state index is 13.5. The van der Waals surface area contributed by atoms with Crippen LogP contribution in [-0.4, -0.2) is 18.9 Å². The van der Waals surface area contributed by atoms with Gasteiger partial charge in [0.25, 0.3) is 0 Å². The largest absolute Gasteiger partial charge is 0.497 e. The number of amides is 2. The number of terminal acetylenes is 1. The summed E-state index contributed by atoms with van der Waals surface area (Å²) in [6.45, 7) is 0. The van der Waals surface area contributed by atoms with E-state index < -0.39 is 11.5 Å². The molecule has 34 heavy (non-hydrogen) atoms. The number of carbonyl (C=O) groups excluding carboxylic acids is 2. The SMILES string of the molecule is C#Cc1ccc(Oc2ccc(OC)cc2)c([C@H]2NC(=O)CC[C@]23C(=O)Nc2cc(Cl)ccc23)c1. The van der Waals surface area contributed by atoms with Crippen molar-refractivity contribution in [1.82, 2.24) is 5.32 Å². The van der Waals surface area contributed by atoms with Crippen LogP contribution in [0, 0.1) is 12.3 Å². The predicted octanol–water partition coefficient (Wildman–Crippen LogP) is 4.96. The molecule has 0 aliphatic carbocycles. The lowest BCUT2D eigenvalue weighted by atomic mass is 9.67. The number of methoxy groups -OCH3 is 1. The highest BCUT2D eigenvalue weighted by molar-refractivity contribution is 6.31. The first-order chi connectivity index (χ1) is 16.4. The first kappa shape index (κ1) is 21.9. The third-order valence-corrected chi connectivity index (χ3v) is 6.67. The zero-order valence-corrected chi connectivity index (χ0v) is 19.1. The van der Waals surface area contributed by atoms with Gasteiger partial charge in [0, 0.05) is 28.3 Å². The normalized spacial score (nSPS) is 20.8. The van der Waals surface area contributed by atoms with Crippen molar-refractivity contribution in [1.29, 1.82) is 0 Å². The minimum atomic E-state index is -1.03. The van der Waals surface area contributed by atoms with E-state index in [0.717, 1.165) is 5.56 Å². The average Bonchev–Trinajstić information content (AvgIpc) is 3.12. The van der Waals surface area contributed by atoms with Gasteiger partial charge < -0.3 is 20.1 Å². The van der Waals surface area contributed by atoms with Crippen molar-refractivity contribution in [2.75, 3.05) is 12.4 Å². The molecular formula is C27H21ClN2O4. The van der Waals surface area contributed by atoms with Gasteiger partial charge in [-0.15, -0.1) is 6.42 Å². The van der Waals surface area contributed by atoms with Crippen LogP contribution in [0.2, 0.25) is 5.02 Å². The Labute approximate surface area is 202 Å². The zero-order chi connectivity index (χ0) is 23.9. The van der Waals surface area contributed by atoms with Crippen molar-refractivity contribution in [2.45, 2.75) is 24.3 Å². The summed E-state index contributed by atoms with van der Waals surface area (Å²) in [4.78, 5) is 26.1. The van der Waals surface area contributed by atoms with E-state index in [-0.39, 0.29) is 18.2 Å². The molecular weight excluding hydrogens is 452 g/mol. The maximum Gasteiger partial charge on any atom is 0.237 e. The summed E-state index contributed by atoms with van der Waals surface area (Å²) in [5.41, 5.74) is 1.64. The van der Waals surface area contributed by atoms with Crippen LogP contribution in [0.4, 0.5) is 5.69 Å². The van der Waals surface area contributed by atoms with Gasteiger partial charge in [-0.3, -0.25) is 9.59 Å². The number of nitrogens with one attached hydrogen (secondary N) is 2. The molecule has 170 valence electrons. The second-order valence-corrected chi connectivity index (χ2v) is 8.73. The van der Waals surface area contributed by atoms with Crippen molar-refractivity contribution in [2.24, 2.45) is 0 Å². The van der Waals surface area contributed by atoms with Gasteiger partial charge in [-0.2, -0.15) is 0 Å². The standard InChI is InChI=1S/C27H21ClN2O4/c1-3-16-4-11-23(34-19-8-6-18(33-2)7-9-19)20(14-16)25-27(13-12-24(31)30-25)21-10-5-17(28)15-22(21)29-26(27)32/h1,4-11,14-15,25H,12-13H2,2H3,(H,29,32)(H,30,31)/t25-,27-/m1/s1. The topological polar surface area (TPSA) is 76.7 Å². The number of benzene rings is 3. The second-order valence-electron chi connectivity index (χ2n) is 8.29. The number of fused-ring (bicyclic) bond motifs is 2. The van der Waals surface area contributed by atoms with Crippen molar-refractivity contribution in [3.05, 3.63) is 82.4 Å². The molecule has 2 aliphatic rings. The summed E-state index contributed by atoms with van der Waals surface area (Å²) in [6, 6.07) is 17.1. The molecule has 2 N–H and O–H groups in total. The number of hydrogen-bond donors (Lipinski definition) is 2. The third kappa shape index (κ3) is 3.55. The van der Waals surface area contributed by atoms with E-state index in [1.807, 2.05) is 6.07 Å². The first-order valence-electron chi connectivity index (χ1n) is 10.8. The number of carbonyl (C=O) groups is 2. The summed E-state index contributed by atoms with van der Waals surface area (Å²) in [5.74, 6) is 4.06. The minimum Gasteiger partial charge on any atom is -0.497 e. The lowest BCUT2D eigenvalue weighted by Gasteiger charge is -2.40. The van der Waals surface area contributed by atoms with Gasteiger partial charge in [0.15, 0.2) is 0 Å². The van der Waals surface area contributed by atoms with Gasteiger partial charge in [-0.1, -0.05) is 23.6 Å². The number of hydrogen-bond acceptors (Lipinski definition) is 4. The summed E-state index contributed by atoms with van der Waals surface area (Å²) in [5, 5.41) is 6.52. The summed E-state index contributed by atoms with van der Waals surface area (Å²) in [6.07, 6.45) is 6.25. The van der Waals surface area contributed by atoms with E-state index in [4.69, 9.17) is 27.5 Å². The molecule has 2 aliphatic heterocycles. The Kier molecular flexibility index (Phi) is 5.43. The number of ether oxygens (including phenoxy) is 2. The first-order valence-corrected chi connectivity index (χ1v) is 11.2. The van der Waals surface area contributed by atoms with E-state index in [1.54, 1.807) is 61.7 Å². The number of piperidine rings is 1. The Balaban J connectivity index is 1.65. The van der Waals surface area contributed by atoms with E-state index >= 15 is 0 Å². The smallest absolute Gasteiger partial charge is 0.237 e. The van der Waals surface area contributed by atoms with Crippen LogP contribution in [-0.2, 0) is 15.0 Å². The zero-order valence-electron chi connectivity index (χ0n) is 18.4. The van der Waals surface area contributed by atoms with Gasteiger partial charge in [0.1, 0.15) is 22.7 Å². The molecule has 2 amide bonds. The summed E-state index contributed by atoms with van der Waals surface area (Å²) >= 11 is 6.18. The van der Waals surface area contributed by atoms with Crippen LogP contribution in [0.15, 0.2) is 60.7 Å². The highest BCUT2D eigenvalue weighted by Crippen LogP contribution is 2.53. The van der Waals surface area contributed by atoms with E-state index in [0.29, 0.717) is 45.5 Å². The molecule has 1 saturated heterocycles. The molecule has 5 rings (SSSR count). The fourth-order valence-electron chi connectivity index (χ4n) is 4.78. The molecule has 0 aromatic heterocycles. The van der Waals surface area contributed by atoms with Crippen LogP contribution in [0.3, 0.4) is 0 Å². The van der Waals surface area contributed by atoms with Crippen molar-refractivity contribution in [3.63, 3.8) is 0 Å². The van der Waals surface area contributed by atoms with Gasteiger partial charge in [0.05, 0.1) is 13.2 Å². The molecule has 1 fully saturated rings. The van der Waals surface area contributed by atoms with E-state index in [9.17, 15) is 9.59 Å². The highest BCUT2D eigenvalue weighted by atomic mass is 35.5. The van der Waals surface area contributed by atoms with Crippen molar-refractivity contribution in [3.8, 4) is 29.6 Å². The van der Waals surface area contributed by atoms with E-state index in [2.05, 4.69) is 16.6 Å². The van der Waals surface area contributed by atoms with Gasteiger partial charge in [-0.25, -0.2) is 0 Å². The Hall–Kier alpha value is -3.95. The Morgan fingerprint density at radius 2 is 1.82 bits per heavy atom.